The molecule has 6 nitrogen and oxygen atoms in total. The van der Waals surface area contributed by atoms with E-state index in [2.05, 4.69) is 44.5 Å². The Hall–Kier alpha value is -3.58. The maximum Gasteiger partial charge on any atom is 0.200 e. The standard InChI is InChI=1S/C32H32N4O2S/c1-20(25-18-21-14-15-23(25)17-21)36-31(28-13-8-16-38-28)33-34-32(36)39-19-27(37)29-24-11-6-7-12-26(24)35(2)30(29)22-9-4-3-5-10-22/h3-13,16,20-21,23,25H,14-15,17-19H2,1-2H3/t20-,21+,23+,25-/m1/s1. The molecule has 5 aromatic rings. The van der Waals surface area contributed by atoms with E-state index in [0.29, 0.717) is 5.92 Å². The molecule has 0 amide bonds. The van der Waals surface area contributed by atoms with Gasteiger partial charge in [0.2, 0.25) is 5.82 Å². The fourth-order valence-corrected chi connectivity index (χ4v) is 8.10. The van der Waals surface area contributed by atoms with Gasteiger partial charge in [-0.05, 0) is 67.7 Å². The average Bonchev–Trinajstić information content (AvgIpc) is 3.80. The molecular weight excluding hydrogens is 504 g/mol. The highest BCUT2D eigenvalue weighted by molar-refractivity contribution is 7.99. The molecule has 2 fully saturated rings. The highest BCUT2D eigenvalue weighted by Gasteiger charge is 2.43. The molecule has 0 saturated heterocycles. The van der Waals surface area contributed by atoms with Gasteiger partial charge in [0.1, 0.15) is 0 Å². The predicted octanol–water partition coefficient (Wildman–Crippen LogP) is 7.67. The van der Waals surface area contributed by atoms with Crippen LogP contribution in [-0.4, -0.2) is 30.9 Å². The number of carbonyl (C=O) groups is 1. The van der Waals surface area contributed by atoms with Gasteiger partial charge < -0.3 is 8.98 Å². The summed E-state index contributed by atoms with van der Waals surface area (Å²) in [7, 11) is 2.04. The summed E-state index contributed by atoms with van der Waals surface area (Å²) in [5, 5.41) is 10.9. The Morgan fingerprint density at radius 2 is 1.85 bits per heavy atom. The van der Waals surface area contributed by atoms with Crippen LogP contribution in [0, 0.1) is 17.8 Å². The summed E-state index contributed by atoms with van der Waals surface area (Å²) < 4.78 is 10.1. The number of thioether (sulfide) groups is 1. The normalized spacial score (nSPS) is 21.1. The summed E-state index contributed by atoms with van der Waals surface area (Å²) >= 11 is 1.49. The van der Waals surface area contributed by atoms with Crippen LogP contribution in [-0.2, 0) is 7.05 Å². The highest BCUT2D eigenvalue weighted by atomic mass is 32.2. The van der Waals surface area contributed by atoms with Gasteiger partial charge in [-0.3, -0.25) is 9.36 Å². The topological polar surface area (TPSA) is 65.8 Å². The number of aromatic nitrogens is 4. The monoisotopic (exact) mass is 536 g/mol. The first-order valence-corrected chi connectivity index (χ1v) is 14.9. The molecule has 0 N–H and O–H groups in total. The number of fused-ring (bicyclic) bond motifs is 3. The zero-order valence-electron chi connectivity index (χ0n) is 22.3. The third kappa shape index (κ3) is 4.15. The van der Waals surface area contributed by atoms with Crippen LogP contribution < -0.4 is 0 Å². The fraction of sp³-hybridized carbons (Fsp3) is 0.344. The molecule has 0 radical (unpaired) electrons. The number of carbonyl (C=O) groups excluding carboxylic acids is 1. The fourth-order valence-electron chi connectivity index (χ4n) is 7.20. The van der Waals surface area contributed by atoms with E-state index in [1.165, 1.54) is 37.4 Å². The minimum atomic E-state index is 0.0947. The number of ketones is 1. The molecule has 2 aliphatic carbocycles. The number of nitrogens with zero attached hydrogens (tertiary/aromatic N) is 4. The highest BCUT2D eigenvalue weighted by Crippen LogP contribution is 2.53. The minimum Gasteiger partial charge on any atom is -0.461 e. The van der Waals surface area contributed by atoms with Gasteiger partial charge >= 0.3 is 0 Å². The molecule has 3 aromatic heterocycles. The van der Waals surface area contributed by atoms with Crippen molar-refractivity contribution < 1.29 is 9.21 Å². The average molecular weight is 537 g/mol. The van der Waals surface area contributed by atoms with E-state index in [0.717, 1.165) is 56.3 Å². The van der Waals surface area contributed by atoms with Crippen LogP contribution in [0.15, 0.2) is 82.6 Å². The summed E-state index contributed by atoms with van der Waals surface area (Å²) in [5.74, 6) is 4.07. The lowest BCUT2D eigenvalue weighted by molar-refractivity contribution is 0.102. The Morgan fingerprint density at radius 1 is 1.03 bits per heavy atom. The van der Waals surface area contributed by atoms with Gasteiger partial charge in [0.15, 0.2) is 16.7 Å². The predicted molar refractivity (Wildman–Crippen MR) is 155 cm³/mol. The molecule has 2 saturated carbocycles. The first-order valence-electron chi connectivity index (χ1n) is 13.9. The van der Waals surface area contributed by atoms with Crippen molar-refractivity contribution in [1.82, 2.24) is 19.3 Å². The molecule has 7 rings (SSSR count). The molecule has 0 aliphatic heterocycles. The van der Waals surface area contributed by atoms with Crippen LogP contribution in [0.2, 0.25) is 0 Å². The largest absolute Gasteiger partial charge is 0.461 e. The van der Waals surface area contributed by atoms with Crippen LogP contribution in [0.5, 0.6) is 0 Å². The van der Waals surface area contributed by atoms with E-state index in [4.69, 9.17) is 4.42 Å². The number of rotatable bonds is 8. The lowest BCUT2D eigenvalue weighted by atomic mass is 9.84. The second-order valence-electron chi connectivity index (χ2n) is 11.1. The van der Waals surface area contributed by atoms with E-state index >= 15 is 0 Å². The number of hydrogen-bond donors (Lipinski definition) is 0. The smallest absolute Gasteiger partial charge is 0.200 e. The summed E-state index contributed by atoms with van der Waals surface area (Å²) in [5.41, 5.74) is 3.82. The van der Waals surface area contributed by atoms with Gasteiger partial charge in [0.05, 0.1) is 23.3 Å². The zero-order chi connectivity index (χ0) is 26.5. The Bertz CT molecular complexity index is 1640. The molecule has 0 spiro atoms. The van der Waals surface area contributed by atoms with Gasteiger partial charge in [-0.25, -0.2) is 0 Å². The Labute approximate surface area is 232 Å². The van der Waals surface area contributed by atoms with Gasteiger partial charge in [0, 0.05) is 24.0 Å². The molecule has 2 bridgehead atoms. The Balaban J connectivity index is 1.24. The lowest BCUT2D eigenvalue weighted by Crippen LogP contribution is -2.23. The second-order valence-corrected chi connectivity index (χ2v) is 12.1. The van der Waals surface area contributed by atoms with Crippen LogP contribution in [0.4, 0.5) is 0 Å². The SMILES string of the molecule is C[C@H]([C@H]1C[C@H]2CC[C@H]1C2)n1c(SCC(=O)c2c(-c3ccccc3)n(C)c3ccccc23)nnc1-c1ccco1. The number of aryl methyl sites for hydroxylation is 1. The van der Waals surface area contributed by atoms with Crippen molar-refractivity contribution in [3.05, 3.63) is 78.6 Å². The summed E-state index contributed by atoms with van der Waals surface area (Å²) in [6, 6.07) is 22.4. The minimum absolute atomic E-state index is 0.0947. The lowest BCUT2D eigenvalue weighted by Gasteiger charge is -2.30. The van der Waals surface area contributed by atoms with Gasteiger partial charge in [-0.2, -0.15) is 0 Å². The van der Waals surface area contributed by atoms with E-state index < -0.39 is 0 Å². The summed E-state index contributed by atoms with van der Waals surface area (Å²) in [6.07, 6.45) is 6.98. The second kappa shape index (κ2) is 9.87. The molecular formula is C32H32N4O2S. The Kier molecular flexibility index (Phi) is 6.19. The summed E-state index contributed by atoms with van der Waals surface area (Å²) in [6.45, 7) is 2.30. The van der Waals surface area contributed by atoms with Crippen molar-refractivity contribution in [2.75, 3.05) is 5.75 Å². The third-order valence-corrected chi connectivity index (χ3v) is 9.93. The van der Waals surface area contributed by atoms with E-state index in [9.17, 15) is 4.79 Å². The molecule has 2 aliphatic rings. The number of hydrogen-bond acceptors (Lipinski definition) is 5. The molecule has 4 atom stereocenters. The van der Waals surface area contributed by atoms with Crippen molar-refractivity contribution in [3.8, 4) is 22.8 Å². The van der Waals surface area contributed by atoms with Crippen LogP contribution in [0.1, 0.15) is 49.0 Å². The van der Waals surface area contributed by atoms with Crippen LogP contribution in [0.3, 0.4) is 0 Å². The number of para-hydroxylation sites is 1. The van der Waals surface area contributed by atoms with E-state index in [-0.39, 0.29) is 17.6 Å². The zero-order valence-corrected chi connectivity index (χ0v) is 23.1. The molecule has 0 unspecified atom stereocenters. The maximum atomic E-state index is 14.0. The van der Waals surface area contributed by atoms with Crippen LogP contribution >= 0.6 is 11.8 Å². The maximum absolute atomic E-state index is 14.0. The first kappa shape index (κ1) is 24.5. The Morgan fingerprint density at radius 3 is 2.59 bits per heavy atom. The quantitative estimate of drug-likeness (QED) is 0.150. The number of benzene rings is 2. The van der Waals surface area contributed by atoms with Crippen molar-refractivity contribution in [2.24, 2.45) is 24.8 Å². The molecule has 198 valence electrons. The van der Waals surface area contributed by atoms with Gasteiger partial charge in [-0.1, -0.05) is 66.7 Å². The van der Waals surface area contributed by atoms with Gasteiger partial charge in [0.25, 0.3) is 0 Å². The van der Waals surface area contributed by atoms with Crippen molar-refractivity contribution >= 4 is 28.4 Å². The van der Waals surface area contributed by atoms with Crippen molar-refractivity contribution in [2.45, 2.75) is 43.8 Å². The number of Topliss-reactive ketones (excluding diaryl/α,β-unsaturated/α-hetero) is 1. The third-order valence-electron chi connectivity index (χ3n) is 8.99. The van der Waals surface area contributed by atoms with Crippen molar-refractivity contribution in [1.29, 1.82) is 0 Å². The molecule has 7 heteroatoms. The number of furan rings is 1. The van der Waals surface area contributed by atoms with E-state index in [1.807, 2.05) is 55.6 Å². The first-order chi connectivity index (χ1) is 19.1. The molecule has 39 heavy (non-hydrogen) atoms. The van der Waals surface area contributed by atoms with Gasteiger partial charge in [-0.15, -0.1) is 10.2 Å². The van der Waals surface area contributed by atoms with Crippen molar-refractivity contribution in [3.63, 3.8) is 0 Å². The summed E-state index contributed by atoms with van der Waals surface area (Å²) in [4.78, 5) is 14.0. The molecule has 2 aromatic carbocycles. The molecule has 3 heterocycles. The van der Waals surface area contributed by atoms with Crippen LogP contribution in [0.25, 0.3) is 33.7 Å². The van der Waals surface area contributed by atoms with E-state index in [1.54, 1.807) is 6.26 Å².